The summed E-state index contributed by atoms with van der Waals surface area (Å²) in [5.41, 5.74) is 2.26. The van der Waals surface area contributed by atoms with Gasteiger partial charge in [0.15, 0.2) is 11.7 Å². The minimum absolute atomic E-state index is 0.135. The van der Waals surface area contributed by atoms with E-state index in [4.69, 9.17) is 4.74 Å². The molecule has 134 valence electrons. The number of nitriles is 1. The number of aryl methyl sites for hydroxylation is 1. The van der Waals surface area contributed by atoms with E-state index in [1.807, 2.05) is 45.0 Å². The molecular weight excluding hydrogens is 316 g/mol. The van der Waals surface area contributed by atoms with E-state index in [2.05, 4.69) is 11.4 Å². The molecule has 1 saturated carbocycles. The quantitative estimate of drug-likeness (QED) is 0.553. The normalized spacial score (nSPS) is 20.0. The number of ether oxygens (including phenoxy) is 1. The molecule has 1 fully saturated rings. The van der Waals surface area contributed by atoms with Gasteiger partial charge < -0.3 is 10.1 Å². The number of hydrogen-bond acceptors (Lipinski definition) is 4. The fourth-order valence-electron chi connectivity index (χ4n) is 2.95. The molecule has 1 aliphatic rings. The molecule has 1 aliphatic carbocycles. The number of ketones is 1. The van der Waals surface area contributed by atoms with Crippen LogP contribution in [0.3, 0.4) is 0 Å². The lowest BCUT2D eigenvalue weighted by Gasteiger charge is -2.11. The van der Waals surface area contributed by atoms with Crippen molar-refractivity contribution in [3.05, 3.63) is 35.4 Å². The van der Waals surface area contributed by atoms with Crippen LogP contribution in [-0.4, -0.2) is 30.9 Å². The number of nitrogens with one attached hydrogen (secondary N) is 1. The van der Waals surface area contributed by atoms with Crippen LogP contribution in [0.15, 0.2) is 24.3 Å². The van der Waals surface area contributed by atoms with Gasteiger partial charge in [-0.05, 0) is 45.1 Å². The Morgan fingerprint density at radius 1 is 1.40 bits per heavy atom. The van der Waals surface area contributed by atoms with Crippen LogP contribution in [-0.2, 0) is 14.3 Å². The van der Waals surface area contributed by atoms with E-state index >= 15 is 0 Å². The van der Waals surface area contributed by atoms with Crippen LogP contribution in [0.25, 0.3) is 0 Å². The van der Waals surface area contributed by atoms with Crippen molar-refractivity contribution in [2.45, 2.75) is 45.6 Å². The molecule has 3 atom stereocenters. The summed E-state index contributed by atoms with van der Waals surface area (Å²) >= 11 is 0. The molecular formula is C20H26N2O3. The van der Waals surface area contributed by atoms with Gasteiger partial charge in [-0.25, -0.2) is 0 Å². The molecule has 25 heavy (non-hydrogen) atoms. The Kier molecular flexibility index (Phi) is 6.72. The Bertz CT molecular complexity index is 663. The van der Waals surface area contributed by atoms with Crippen molar-refractivity contribution in [2.24, 2.45) is 11.8 Å². The van der Waals surface area contributed by atoms with E-state index in [9.17, 15) is 14.9 Å². The maximum absolute atomic E-state index is 12.5. The van der Waals surface area contributed by atoms with Crippen molar-refractivity contribution in [3.63, 3.8) is 0 Å². The number of Topliss-reactive ketones (excluding diaryl/α,β-unsaturated/α-hetero) is 1. The zero-order valence-corrected chi connectivity index (χ0v) is 15.1. The third-order valence-electron chi connectivity index (χ3n) is 4.37. The fraction of sp³-hybridized carbons (Fsp3) is 0.550. The lowest BCUT2D eigenvalue weighted by Crippen LogP contribution is -2.36. The largest absolute Gasteiger partial charge is 0.379 e. The molecule has 2 rings (SSSR count). The maximum Gasteiger partial charge on any atom is 0.245 e. The lowest BCUT2D eigenvalue weighted by atomic mass is 9.97. The van der Waals surface area contributed by atoms with E-state index in [-0.39, 0.29) is 23.7 Å². The van der Waals surface area contributed by atoms with E-state index in [0.717, 1.165) is 17.5 Å². The SMILES string of the molecule is Cc1cccc([C@@H]2C[C@@H]2C(=O)[C@@H](C#N)C(=O)NCCCOC(C)C)c1. The smallest absolute Gasteiger partial charge is 0.245 e. The number of carbonyl (C=O) groups excluding carboxylic acids is 2. The van der Waals surface area contributed by atoms with Gasteiger partial charge in [0.1, 0.15) is 0 Å². The molecule has 1 amide bonds. The number of nitrogens with zero attached hydrogens (tertiary/aromatic N) is 1. The van der Waals surface area contributed by atoms with E-state index in [1.165, 1.54) is 0 Å². The zero-order valence-electron chi connectivity index (χ0n) is 15.1. The summed E-state index contributed by atoms with van der Waals surface area (Å²) < 4.78 is 5.40. The van der Waals surface area contributed by atoms with Gasteiger partial charge in [0.05, 0.1) is 12.2 Å². The molecule has 0 aliphatic heterocycles. The van der Waals surface area contributed by atoms with Crippen LogP contribution < -0.4 is 5.32 Å². The standard InChI is InChI=1S/C20H26N2O3/c1-13(2)25-9-5-8-22-20(24)18(12-21)19(23)17-11-16(17)15-7-4-6-14(3)10-15/h4,6-7,10,13,16-18H,5,8-9,11H2,1-3H3,(H,22,24)/t16-,17-,18+/m0/s1. The summed E-state index contributed by atoms with van der Waals surface area (Å²) in [4.78, 5) is 24.7. The number of carbonyl (C=O) groups is 2. The van der Waals surface area contributed by atoms with Crippen LogP contribution in [0, 0.1) is 30.1 Å². The van der Waals surface area contributed by atoms with Gasteiger partial charge >= 0.3 is 0 Å². The topological polar surface area (TPSA) is 79.2 Å². The van der Waals surface area contributed by atoms with Crippen molar-refractivity contribution < 1.29 is 14.3 Å². The summed E-state index contributed by atoms with van der Waals surface area (Å²) in [6, 6.07) is 9.92. The molecule has 5 heteroatoms. The first-order valence-corrected chi connectivity index (χ1v) is 8.83. The third-order valence-corrected chi connectivity index (χ3v) is 4.37. The van der Waals surface area contributed by atoms with Gasteiger partial charge in [-0.3, -0.25) is 9.59 Å². The Morgan fingerprint density at radius 3 is 2.80 bits per heavy atom. The molecule has 5 nitrogen and oxygen atoms in total. The summed E-state index contributed by atoms with van der Waals surface area (Å²) in [5.74, 6) is -2.06. The number of rotatable bonds is 9. The summed E-state index contributed by atoms with van der Waals surface area (Å²) in [6.07, 6.45) is 1.53. The molecule has 1 aromatic carbocycles. The predicted molar refractivity (Wildman–Crippen MR) is 94.9 cm³/mol. The highest BCUT2D eigenvalue weighted by Crippen LogP contribution is 2.49. The molecule has 0 spiro atoms. The fourth-order valence-corrected chi connectivity index (χ4v) is 2.95. The Labute approximate surface area is 149 Å². The summed E-state index contributed by atoms with van der Waals surface area (Å²) in [5, 5.41) is 11.9. The first-order valence-electron chi connectivity index (χ1n) is 8.83. The van der Waals surface area contributed by atoms with Gasteiger partial charge in [-0.2, -0.15) is 5.26 Å². The zero-order chi connectivity index (χ0) is 18.4. The second kappa shape index (κ2) is 8.77. The highest BCUT2D eigenvalue weighted by Gasteiger charge is 2.47. The Balaban J connectivity index is 1.83. The number of hydrogen-bond donors (Lipinski definition) is 1. The van der Waals surface area contributed by atoms with Gasteiger partial charge in [-0.15, -0.1) is 0 Å². The molecule has 0 bridgehead atoms. The minimum Gasteiger partial charge on any atom is -0.379 e. The van der Waals surface area contributed by atoms with Crippen LogP contribution in [0.1, 0.15) is 43.7 Å². The van der Waals surface area contributed by atoms with Crippen molar-refractivity contribution in [2.75, 3.05) is 13.2 Å². The lowest BCUT2D eigenvalue weighted by molar-refractivity contribution is -0.132. The second-order valence-corrected chi connectivity index (χ2v) is 6.89. The van der Waals surface area contributed by atoms with Crippen molar-refractivity contribution in [1.29, 1.82) is 5.26 Å². The molecule has 0 saturated heterocycles. The maximum atomic E-state index is 12.5. The van der Waals surface area contributed by atoms with Crippen LogP contribution in [0.4, 0.5) is 0 Å². The van der Waals surface area contributed by atoms with Gasteiger partial charge in [0.2, 0.25) is 5.91 Å². The van der Waals surface area contributed by atoms with Gasteiger partial charge in [0.25, 0.3) is 0 Å². The van der Waals surface area contributed by atoms with Gasteiger partial charge in [0, 0.05) is 19.1 Å². The van der Waals surface area contributed by atoms with Crippen molar-refractivity contribution >= 4 is 11.7 Å². The number of benzene rings is 1. The van der Waals surface area contributed by atoms with Crippen molar-refractivity contribution in [3.8, 4) is 6.07 Å². The second-order valence-electron chi connectivity index (χ2n) is 6.89. The van der Waals surface area contributed by atoms with E-state index in [0.29, 0.717) is 19.6 Å². The molecule has 0 radical (unpaired) electrons. The van der Waals surface area contributed by atoms with Crippen LogP contribution in [0.2, 0.25) is 0 Å². The van der Waals surface area contributed by atoms with Crippen LogP contribution >= 0.6 is 0 Å². The van der Waals surface area contributed by atoms with Crippen LogP contribution in [0.5, 0.6) is 0 Å². The molecule has 0 unspecified atom stereocenters. The van der Waals surface area contributed by atoms with Gasteiger partial charge in [-0.1, -0.05) is 29.8 Å². The minimum atomic E-state index is -1.22. The Morgan fingerprint density at radius 2 is 2.16 bits per heavy atom. The molecule has 1 aromatic rings. The molecule has 0 heterocycles. The van der Waals surface area contributed by atoms with E-state index < -0.39 is 11.8 Å². The number of amides is 1. The average molecular weight is 342 g/mol. The first kappa shape index (κ1) is 19.1. The monoisotopic (exact) mass is 342 g/mol. The Hall–Kier alpha value is -2.19. The van der Waals surface area contributed by atoms with E-state index in [1.54, 1.807) is 0 Å². The van der Waals surface area contributed by atoms with Crippen molar-refractivity contribution in [1.82, 2.24) is 5.32 Å². The molecule has 1 N–H and O–H groups in total. The first-order chi connectivity index (χ1) is 11.9. The highest BCUT2D eigenvalue weighted by molar-refractivity contribution is 6.06. The predicted octanol–water partition coefficient (Wildman–Crippen LogP) is 2.74. The molecule has 0 aromatic heterocycles. The average Bonchev–Trinajstić information content (AvgIpc) is 3.35. The summed E-state index contributed by atoms with van der Waals surface area (Å²) in [7, 11) is 0. The third kappa shape index (κ3) is 5.40. The summed E-state index contributed by atoms with van der Waals surface area (Å²) in [6.45, 7) is 6.86. The highest BCUT2D eigenvalue weighted by atomic mass is 16.5.